The number of carbonyl (C=O) groups is 1. The molecule has 1 amide bonds. The zero-order chi connectivity index (χ0) is 16.5. The summed E-state index contributed by atoms with van der Waals surface area (Å²) in [4.78, 5) is 19.0. The third kappa shape index (κ3) is 2.52. The van der Waals surface area contributed by atoms with Gasteiger partial charge in [-0.15, -0.1) is 0 Å². The van der Waals surface area contributed by atoms with Gasteiger partial charge < -0.3 is 15.2 Å². The molecule has 5 nitrogen and oxygen atoms in total. The summed E-state index contributed by atoms with van der Waals surface area (Å²) in [5, 5.41) is 0. The summed E-state index contributed by atoms with van der Waals surface area (Å²) in [6.45, 7) is 1.40. The number of hydrogen-bond donors (Lipinski definition) is 1. The average Bonchev–Trinajstić information content (AvgIpc) is 3.03. The maximum absolute atomic E-state index is 12.8. The molecule has 0 unspecified atom stereocenters. The van der Waals surface area contributed by atoms with Gasteiger partial charge in [-0.3, -0.25) is 4.79 Å². The number of fused-ring (bicyclic) bond motifs is 2. The second-order valence-corrected chi connectivity index (χ2v) is 6.17. The van der Waals surface area contributed by atoms with Crippen molar-refractivity contribution < 1.29 is 4.79 Å². The molecule has 0 spiro atoms. The number of para-hydroxylation sites is 2. The van der Waals surface area contributed by atoms with E-state index in [1.54, 1.807) is 6.33 Å². The molecule has 0 atom stereocenters. The van der Waals surface area contributed by atoms with Crippen LogP contribution in [-0.4, -0.2) is 22.0 Å². The lowest BCUT2D eigenvalue weighted by atomic mass is 9.99. The minimum absolute atomic E-state index is 0.138. The van der Waals surface area contributed by atoms with Crippen molar-refractivity contribution in [1.82, 2.24) is 9.55 Å². The van der Waals surface area contributed by atoms with Gasteiger partial charge in [-0.25, -0.2) is 4.98 Å². The van der Waals surface area contributed by atoms with Gasteiger partial charge in [0.05, 0.1) is 17.4 Å². The summed E-state index contributed by atoms with van der Waals surface area (Å²) >= 11 is 0. The molecule has 2 N–H and O–H groups in total. The summed E-state index contributed by atoms with van der Waals surface area (Å²) in [6.07, 6.45) is 4.16. The smallest absolute Gasteiger partial charge is 0.228 e. The normalized spacial score (nSPS) is 13.9. The first-order chi connectivity index (χ1) is 11.7. The highest BCUT2D eigenvalue weighted by Gasteiger charge is 2.23. The lowest BCUT2D eigenvalue weighted by Gasteiger charge is -2.30. The number of benzene rings is 2. The van der Waals surface area contributed by atoms with Crippen LogP contribution in [-0.2, 0) is 17.8 Å². The molecule has 1 aliphatic heterocycles. The van der Waals surface area contributed by atoms with Crippen molar-refractivity contribution in [2.75, 3.05) is 17.2 Å². The van der Waals surface area contributed by atoms with E-state index in [4.69, 9.17) is 5.73 Å². The molecule has 4 rings (SSSR count). The van der Waals surface area contributed by atoms with Crippen LogP contribution < -0.4 is 10.6 Å². The number of nitrogen functional groups attached to an aromatic ring is 1. The van der Waals surface area contributed by atoms with Crippen molar-refractivity contribution in [3.63, 3.8) is 0 Å². The second-order valence-electron chi connectivity index (χ2n) is 6.17. The van der Waals surface area contributed by atoms with Gasteiger partial charge in [0.2, 0.25) is 5.91 Å². The van der Waals surface area contributed by atoms with Crippen LogP contribution in [0.4, 0.5) is 11.4 Å². The number of nitrogens with two attached hydrogens (primary N) is 1. The fourth-order valence-electron chi connectivity index (χ4n) is 3.45. The fraction of sp³-hybridized carbons (Fsp3) is 0.263. The number of anilines is 2. The van der Waals surface area contributed by atoms with Crippen molar-refractivity contribution >= 4 is 28.3 Å². The molecule has 0 radical (unpaired) electrons. The quantitative estimate of drug-likeness (QED) is 0.755. The van der Waals surface area contributed by atoms with Crippen LogP contribution in [0.25, 0.3) is 11.0 Å². The number of nitrogens with zero attached hydrogens (tertiary/aromatic N) is 3. The lowest BCUT2D eigenvalue weighted by molar-refractivity contribution is -0.118. The Labute approximate surface area is 140 Å². The molecule has 0 saturated heterocycles. The van der Waals surface area contributed by atoms with Gasteiger partial charge in [-0.1, -0.05) is 18.2 Å². The summed E-state index contributed by atoms with van der Waals surface area (Å²) in [7, 11) is 0. The average molecular weight is 320 g/mol. The Bertz CT molecular complexity index is 899. The zero-order valence-electron chi connectivity index (χ0n) is 13.5. The molecule has 1 aromatic heterocycles. The van der Waals surface area contributed by atoms with Gasteiger partial charge in [0.1, 0.15) is 0 Å². The van der Waals surface area contributed by atoms with E-state index < -0.39 is 0 Å². The number of hydrogen-bond acceptors (Lipinski definition) is 3. The van der Waals surface area contributed by atoms with E-state index in [1.165, 1.54) is 0 Å². The van der Waals surface area contributed by atoms with Crippen molar-refractivity contribution in [3.05, 3.63) is 54.4 Å². The Morgan fingerprint density at radius 3 is 2.96 bits per heavy atom. The SMILES string of the molecule is Nc1cccc2c1CCCN2C(=O)CCn1cnc2ccccc21. The van der Waals surface area contributed by atoms with E-state index in [-0.39, 0.29) is 5.91 Å². The van der Waals surface area contributed by atoms with Crippen LogP contribution in [0, 0.1) is 0 Å². The van der Waals surface area contributed by atoms with E-state index in [9.17, 15) is 4.79 Å². The first-order valence-corrected chi connectivity index (χ1v) is 8.31. The molecule has 24 heavy (non-hydrogen) atoms. The molecule has 2 heterocycles. The third-order valence-electron chi connectivity index (χ3n) is 4.68. The maximum atomic E-state index is 12.8. The zero-order valence-corrected chi connectivity index (χ0v) is 13.5. The fourth-order valence-corrected chi connectivity index (χ4v) is 3.45. The minimum atomic E-state index is 0.138. The molecule has 0 fully saturated rings. The number of aromatic nitrogens is 2. The van der Waals surface area contributed by atoms with Gasteiger partial charge in [0.25, 0.3) is 0 Å². The number of aryl methyl sites for hydroxylation is 1. The summed E-state index contributed by atoms with van der Waals surface area (Å²) in [5.74, 6) is 0.138. The van der Waals surface area contributed by atoms with Crippen LogP contribution in [0.2, 0.25) is 0 Å². The monoisotopic (exact) mass is 320 g/mol. The van der Waals surface area contributed by atoms with Crippen LogP contribution in [0.1, 0.15) is 18.4 Å². The molecule has 5 heteroatoms. The highest BCUT2D eigenvalue weighted by Crippen LogP contribution is 2.31. The number of amides is 1. The number of rotatable bonds is 3. The molecule has 0 saturated carbocycles. The van der Waals surface area contributed by atoms with Crippen LogP contribution >= 0.6 is 0 Å². The Hall–Kier alpha value is -2.82. The van der Waals surface area contributed by atoms with Gasteiger partial charge >= 0.3 is 0 Å². The molecular formula is C19H20N4O. The van der Waals surface area contributed by atoms with Crippen molar-refractivity contribution in [2.45, 2.75) is 25.8 Å². The number of imidazole rings is 1. The highest BCUT2D eigenvalue weighted by molar-refractivity contribution is 5.95. The molecule has 1 aliphatic rings. The first-order valence-electron chi connectivity index (χ1n) is 8.31. The Morgan fingerprint density at radius 2 is 2.04 bits per heavy atom. The Balaban J connectivity index is 1.53. The second kappa shape index (κ2) is 6.00. The summed E-state index contributed by atoms with van der Waals surface area (Å²) in [5.41, 5.74) is 10.9. The van der Waals surface area contributed by atoms with E-state index >= 15 is 0 Å². The van der Waals surface area contributed by atoms with Crippen LogP contribution in [0.15, 0.2) is 48.8 Å². The van der Waals surface area contributed by atoms with E-state index in [0.29, 0.717) is 13.0 Å². The van der Waals surface area contributed by atoms with Gasteiger partial charge in [-0.2, -0.15) is 0 Å². The van der Waals surface area contributed by atoms with Crippen molar-refractivity contribution in [3.8, 4) is 0 Å². The standard InChI is InChI=1S/C19H20N4O/c20-15-6-3-9-17-14(15)5-4-11-23(17)19(24)10-12-22-13-21-16-7-1-2-8-18(16)22/h1-3,6-9,13H,4-5,10-12,20H2. The highest BCUT2D eigenvalue weighted by atomic mass is 16.2. The predicted molar refractivity (Wildman–Crippen MR) is 95.9 cm³/mol. The van der Waals surface area contributed by atoms with E-state index in [2.05, 4.69) is 4.98 Å². The topological polar surface area (TPSA) is 64.2 Å². The van der Waals surface area contributed by atoms with E-state index in [0.717, 1.165) is 47.4 Å². The summed E-state index contributed by atoms with van der Waals surface area (Å²) < 4.78 is 2.04. The molecule has 122 valence electrons. The molecule has 0 bridgehead atoms. The van der Waals surface area contributed by atoms with Gasteiger partial charge in [-0.05, 0) is 42.7 Å². The molecule has 2 aromatic carbocycles. The minimum Gasteiger partial charge on any atom is -0.398 e. The largest absolute Gasteiger partial charge is 0.398 e. The van der Waals surface area contributed by atoms with Crippen LogP contribution in [0.3, 0.4) is 0 Å². The third-order valence-corrected chi connectivity index (χ3v) is 4.68. The Morgan fingerprint density at radius 1 is 1.17 bits per heavy atom. The maximum Gasteiger partial charge on any atom is 0.228 e. The predicted octanol–water partition coefficient (Wildman–Crippen LogP) is 2.99. The molecule has 0 aliphatic carbocycles. The van der Waals surface area contributed by atoms with Crippen LogP contribution in [0.5, 0.6) is 0 Å². The molecular weight excluding hydrogens is 300 g/mol. The van der Waals surface area contributed by atoms with Gasteiger partial charge in [0, 0.05) is 30.9 Å². The Kier molecular flexibility index (Phi) is 3.69. The van der Waals surface area contributed by atoms with Crippen molar-refractivity contribution in [2.24, 2.45) is 0 Å². The van der Waals surface area contributed by atoms with E-state index in [1.807, 2.05) is 51.9 Å². The van der Waals surface area contributed by atoms with Gasteiger partial charge in [0.15, 0.2) is 0 Å². The first kappa shape index (κ1) is 14.8. The lowest BCUT2D eigenvalue weighted by Crippen LogP contribution is -2.36. The van der Waals surface area contributed by atoms with Crippen molar-refractivity contribution in [1.29, 1.82) is 0 Å². The molecule has 3 aromatic rings. The number of carbonyl (C=O) groups excluding carboxylic acids is 1. The summed E-state index contributed by atoms with van der Waals surface area (Å²) in [6, 6.07) is 13.8.